The molecule has 1 aromatic rings. The molecule has 248 valence electrons. The zero-order chi connectivity index (χ0) is 33.7. The zero-order valence-electron chi connectivity index (χ0n) is 26.6. The number of furan rings is 1. The highest BCUT2D eigenvalue weighted by Gasteiger charge is 2.78. The molecule has 0 amide bonds. The molecule has 0 unspecified atom stereocenters. The van der Waals surface area contributed by atoms with Gasteiger partial charge in [0, 0.05) is 22.7 Å². The highest BCUT2D eigenvalue weighted by molar-refractivity contribution is 8.14. The molecule has 3 fully saturated rings. The van der Waals surface area contributed by atoms with Crippen LogP contribution in [0.2, 0.25) is 0 Å². The average Bonchev–Trinajstić information content (AvgIpc) is 3.63. The summed E-state index contributed by atoms with van der Waals surface area (Å²) < 4.78 is 50.1. The van der Waals surface area contributed by atoms with Gasteiger partial charge in [-0.2, -0.15) is 0 Å². The van der Waals surface area contributed by atoms with Gasteiger partial charge >= 0.3 is 11.9 Å². The number of carbonyl (C=O) groups is 4. The molecule has 1 aromatic heterocycles. The second-order valence-corrected chi connectivity index (χ2v) is 14.4. The number of ether oxygens (including phenoxy) is 2. The summed E-state index contributed by atoms with van der Waals surface area (Å²) in [7, 11) is 0. The summed E-state index contributed by atoms with van der Waals surface area (Å²) in [5.74, 6) is 1.07. The molecule has 0 aliphatic heterocycles. The van der Waals surface area contributed by atoms with Gasteiger partial charge < -0.3 is 19.0 Å². The number of hydrogen-bond donors (Lipinski definition) is 1. The Morgan fingerprint density at radius 1 is 1.22 bits per heavy atom. The molecule has 0 saturated heterocycles. The summed E-state index contributed by atoms with van der Waals surface area (Å²) >= 11 is 0.819. The number of hydrogen-bond acceptors (Lipinski definition) is 9. The number of thioether (sulfide) groups is 1. The van der Waals surface area contributed by atoms with Crippen molar-refractivity contribution in [1.82, 2.24) is 0 Å². The molecule has 10 atom stereocenters. The molecule has 11 heteroatoms. The molecule has 8 nitrogen and oxygen atoms in total. The lowest BCUT2D eigenvalue weighted by atomic mass is 9.44. The molecule has 1 heterocycles. The van der Waals surface area contributed by atoms with Gasteiger partial charge in [0.25, 0.3) is 0 Å². The van der Waals surface area contributed by atoms with E-state index in [2.05, 4.69) is 11.8 Å². The molecule has 5 rings (SSSR count). The SMILES string of the molecule is CC[C@H](C)C(=O)OCC#CCSC(=O)[C@@]1(OC(=O)c2ccco2)[C@H](C)C[C@H]2[C@@H]3C[C@H](F)C4=CC(=O)C=C[C@]4(C)[C@@]3(F)[C@@H](O)C[C@@]21C. The standard InChI is InChI=1S/C35H40F2O8S/c1-6-20(2)29(40)44-13-7-8-15-46-31(42)35(45-30(41)27-10-9-14-43-27)21(3)16-23-24-18-26(36)25-17-22(38)11-12-32(25,4)34(24,37)28(39)19-33(23,35)5/h9-12,14,17,20-21,23-24,26,28,39H,6,13,15-16,18-19H2,1-5H3/t20-,21+,23-,24-,26-,28-,32-,33-,34-,35-/m0/s1. The van der Waals surface area contributed by atoms with E-state index in [9.17, 15) is 24.3 Å². The van der Waals surface area contributed by atoms with E-state index in [4.69, 9.17) is 13.9 Å². The Balaban J connectivity index is 1.48. The first-order chi connectivity index (χ1) is 21.7. The van der Waals surface area contributed by atoms with Gasteiger partial charge in [0.2, 0.25) is 10.9 Å². The van der Waals surface area contributed by atoms with Crippen molar-refractivity contribution >= 4 is 34.6 Å². The van der Waals surface area contributed by atoms with E-state index >= 15 is 8.78 Å². The maximum absolute atomic E-state index is 17.7. The van der Waals surface area contributed by atoms with Crippen LogP contribution < -0.4 is 0 Å². The van der Waals surface area contributed by atoms with E-state index < -0.39 is 69.0 Å². The third-order valence-corrected chi connectivity index (χ3v) is 12.0. The van der Waals surface area contributed by atoms with Crippen molar-refractivity contribution in [2.45, 2.75) is 83.8 Å². The van der Waals surface area contributed by atoms with Crippen molar-refractivity contribution in [3.05, 3.63) is 48.0 Å². The summed E-state index contributed by atoms with van der Waals surface area (Å²) in [5.41, 5.74) is -7.08. The number of alkyl halides is 2. The number of halogens is 2. The van der Waals surface area contributed by atoms with Crippen LogP contribution in [0.4, 0.5) is 8.78 Å². The topological polar surface area (TPSA) is 120 Å². The van der Waals surface area contributed by atoms with Crippen molar-refractivity contribution in [1.29, 1.82) is 0 Å². The van der Waals surface area contributed by atoms with Crippen LogP contribution in [0, 0.1) is 46.3 Å². The average molecular weight is 659 g/mol. The molecule has 0 spiro atoms. The molecular weight excluding hydrogens is 618 g/mol. The molecule has 4 aliphatic rings. The van der Waals surface area contributed by atoms with Crippen LogP contribution in [0.1, 0.15) is 70.9 Å². The van der Waals surface area contributed by atoms with Gasteiger partial charge in [0.15, 0.2) is 23.7 Å². The molecule has 46 heavy (non-hydrogen) atoms. The van der Waals surface area contributed by atoms with E-state index in [-0.39, 0.29) is 54.8 Å². The number of fused-ring (bicyclic) bond motifs is 5. The Labute approximate surface area is 271 Å². The lowest BCUT2D eigenvalue weighted by Gasteiger charge is -2.63. The van der Waals surface area contributed by atoms with E-state index in [0.717, 1.165) is 17.8 Å². The first-order valence-corrected chi connectivity index (χ1v) is 16.7. The third kappa shape index (κ3) is 5.07. The molecular formula is C35H40F2O8S. The Bertz CT molecular complexity index is 1530. The van der Waals surface area contributed by atoms with Gasteiger partial charge in [-0.3, -0.25) is 14.4 Å². The van der Waals surface area contributed by atoms with Crippen LogP contribution in [0.25, 0.3) is 0 Å². The molecule has 3 saturated carbocycles. The number of aliphatic hydroxyl groups excluding tert-OH is 1. The van der Waals surface area contributed by atoms with Crippen molar-refractivity contribution < 1.29 is 47.0 Å². The predicted octanol–water partition coefficient (Wildman–Crippen LogP) is 5.59. The molecule has 0 radical (unpaired) electrons. The van der Waals surface area contributed by atoms with Gasteiger partial charge in [0.1, 0.15) is 6.17 Å². The number of allylic oxidation sites excluding steroid dienone is 4. The summed E-state index contributed by atoms with van der Waals surface area (Å²) in [6.07, 6.45) is 1.96. The van der Waals surface area contributed by atoms with Crippen LogP contribution in [0.5, 0.6) is 0 Å². The Kier molecular flexibility index (Phi) is 9.21. The second kappa shape index (κ2) is 12.4. The quantitative estimate of drug-likeness (QED) is 0.295. The summed E-state index contributed by atoms with van der Waals surface area (Å²) in [6, 6.07) is 2.91. The largest absolute Gasteiger partial charge is 0.457 e. The third-order valence-electron chi connectivity index (χ3n) is 11.1. The van der Waals surface area contributed by atoms with Gasteiger partial charge in [-0.05, 0) is 68.4 Å². The Morgan fingerprint density at radius 2 is 1.96 bits per heavy atom. The minimum atomic E-state index is -2.35. The van der Waals surface area contributed by atoms with Crippen LogP contribution in [0.3, 0.4) is 0 Å². The minimum Gasteiger partial charge on any atom is -0.457 e. The molecule has 1 N–H and O–H groups in total. The monoisotopic (exact) mass is 658 g/mol. The van der Waals surface area contributed by atoms with E-state index in [1.165, 1.54) is 37.5 Å². The van der Waals surface area contributed by atoms with Crippen LogP contribution in [-0.2, 0) is 23.9 Å². The van der Waals surface area contributed by atoms with E-state index in [1.807, 2.05) is 6.92 Å². The van der Waals surface area contributed by atoms with Gasteiger partial charge in [0.05, 0.1) is 24.0 Å². The molecule has 4 aliphatic carbocycles. The normalized spacial score (nSPS) is 38.3. The highest BCUT2D eigenvalue weighted by Crippen LogP contribution is 2.72. The first-order valence-electron chi connectivity index (χ1n) is 15.7. The van der Waals surface area contributed by atoms with Gasteiger partial charge in [-0.1, -0.05) is 57.4 Å². The summed E-state index contributed by atoms with van der Waals surface area (Å²) in [6.45, 7) is 8.44. The lowest BCUT2D eigenvalue weighted by molar-refractivity contribution is -0.221. The number of rotatable bonds is 7. The summed E-state index contributed by atoms with van der Waals surface area (Å²) in [5, 5.41) is 11.2. The van der Waals surface area contributed by atoms with Crippen molar-refractivity contribution in [3.63, 3.8) is 0 Å². The smallest absolute Gasteiger partial charge is 0.375 e. The van der Waals surface area contributed by atoms with Crippen molar-refractivity contribution in [2.24, 2.45) is 34.5 Å². The number of aliphatic hydroxyl groups is 1. The lowest BCUT2D eigenvalue weighted by Crippen LogP contribution is -2.70. The number of carbonyl (C=O) groups excluding carboxylic acids is 4. The maximum Gasteiger partial charge on any atom is 0.375 e. The van der Waals surface area contributed by atoms with E-state index in [1.54, 1.807) is 20.8 Å². The Morgan fingerprint density at radius 3 is 2.63 bits per heavy atom. The molecule has 0 bridgehead atoms. The van der Waals surface area contributed by atoms with E-state index in [0.29, 0.717) is 6.42 Å². The van der Waals surface area contributed by atoms with Gasteiger partial charge in [-0.15, -0.1) is 0 Å². The van der Waals surface area contributed by atoms with Crippen molar-refractivity contribution in [3.8, 4) is 11.8 Å². The van der Waals surface area contributed by atoms with Crippen molar-refractivity contribution in [2.75, 3.05) is 12.4 Å². The van der Waals surface area contributed by atoms with Gasteiger partial charge in [-0.25, -0.2) is 13.6 Å². The number of esters is 2. The zero-order valence-corrected chi connectivity index (χ0v) is 27.5. The first kappa shape index (κ1) is 34.1. The van der Waals surface area contributed by atoms with Crippen LogP contribution >= 0.6 is 11.8 Å². The summed E-state index contributed by atoms with van der Waals surface area (Å²) in [4.78, 5) is 51.9. The minimum absolute atomic E-state index is 0.00277. The Hall–Kier alpha value is -3.23. The fourth-order valence-corrected chi connectivity index (χ4v) is 9.53. The van der Waals surface area contributed by atoms with Crippen LogP contribution in [0.15, 0.2) is 46.6 Å². The molecule has 0 aromatic carbocycles. The fraction of sp³-hybridized carbons (Fsp3) is 0.600. The predicted molar refractivity (Wildman–Crippen MR) is 166 cm³/mol. The number of ketones is 1. The fourth-order valence-electron chi connectivity index (χ4n) is 8.54. The second-order valence-electron chi connectivity index (χ2n) is 13.4. The van der Waals surface area contributed by atoms with Crippen LogP contribution in [-0.4, -0.2) is 63.8 Å². The maximum atomic E-state index is 17.7. The highest BCUT2D eigenvalue weighted by atomic mass is 32.2.